The first-order valence-corrected chi connectivity index (χ1v) is 10.2. The molecule has 0 saturated carbocycles. The highest BCUT2D eigenvalue weighted by Crippen LogP contribution is 2.17. The lowest BCUT2D eigenvalue weighted by Crippen LogP contribution is -3.00. The number of aromatic nitrogens is 2. The molecule has 2 aromatic rings. The molecule has 0 aliphatic carbocycles. The molecule has 140 valence electrons. The summed E-state index contributed by atoms with van der Waals surface area (Å²) in [4.78, 5) is 0. The zero-order chi connectivity index (χ0) is 17.7. The van der Waals surface area contributed by atoms with Crippen molar-refractivity contribution in [1.29, 1.82) is 0 Å². The van der Waals surface area contributed by atoms with Crippen LogP contribution in [0.4, 0.5) is 0 Å². The fourth-order valence-corrected chi connectivity index (χ4v) is 4.98. The predicted octanol–water partition coefficient (Wildman–Crippen LogP) is -0.0377. The third-order valence-electron chi connectivity index (χ3n) is 4.42. The second-order valence-electron chi connectivity index (χ2n) is 6.20. The summed E-state index contributed by atoms with van der Waals surface area (Å²) in [5.74, 6) is 0. The molecule has 0 aliphatic rings. The van der Waals surface area contributed by atoms with Crippen LogP contribution in [-0.4, -0.2) is 34.7 Å². The molecule has 0 atom stereocenters. The predicted molar refractivity (Wildman–Crippen MR) is 96.4 cm³/mol. The molecule has 0 saturated heterocycles. The highest BCUT2D eigenvalue weighted by atomic mass is 79.9. The molecular formula is C18H29BrN2O3Si. The van der Waals surface area contributed by atoms with Gasteiger partial charge >= 0.3 is 8.80 Å². The number of hydrogen-bond donors (Lipinski definition) is 0. The third-order valence-corrected chi connectivity index (χ3v) is 7.25. The zero-order valence-corrected chi connectivity index (χ0v) is 18.6. The lowest BCUT2D eigenvalue weighted by molar-refractivity contribution is -0.596. The summed E-state index contributed by atoms with van der Waals surface area (Å²) in [6.07, 6.45) is 7.30. The first-order chi connectivity index (χ1) is 11.4. The molecule has 2 rings (SSSR count). The smallest absolute Gasteiger partial charge is 0.500 e. The van der Waals surface area contributed by atoms with E-state index in [0.29, 0.717) is 0 Å². The van der Waals surface area contributed by atoms with Gasteiger partial charge < -0.3 is 30.3 Å². The molecule has 0 aliphatic heterocycles. The average molecular weight is 429 g/mol. The van der Waals surface area contributed by atoms with E-state index in [0.717, 1.165) is 19.0 Å². The van der Waals surface area contributed by atoms with E-state index in [2.05, 4.69) is 60.8 Å². The van der Waals surface area contributed by atoms with Gasteiger partial charge in [-0.15, -0.1) is 0 Å². The SMILES string of the molecule is CO[Si](CCCn1cc[n+](-c2c(C)cc(C)cc2C)c1)(OC)OC.[Br-]. The summed E-state index contributed by atoms with van der Waals surface area (Å²) < 4.78 is 20.8. The molecule has 7 heteroatoms. The first kappa shape index (κ1) is 22.0. The van der Waals surface area contributed by atoms with E-state index in [9.17, 15) is 0 Å². The zero-order valence-electron chi connectivity index (χ0n) is 16.0. The van der Waals surface area contributed by atoms with Gasteiger partial charge in [-0.25, -0.2) is 9.13 Å². The Kier molecular flexibility index (Phi) is 8.50. The molecular weight excluding hydrogens is 400 g/mol. The van der Waals surface area contributed by atoms with Crippen LogP contribution in [0, 0.1) is 20.8 Å². The summed E-state index contributed by atoms with van der Waals surface area (Å²) in [7, 11) is 2.50. The van der Waals surface area contributed by atoms with Crippen LogP contribution >= 0.6 is 0 Å². The maximum absolute atomic E-state index is 5.47. The molecule has 0 spiro atoms. The van der Waals surface area contributed by atoms with E-state index < -0.39 is 8.80 Å². The van der Waals surface area contributed by atoms with Gasteiger partial charge in [0.15, 0.2) is 0 Å². The van der Waals surface area contributed by atoms with Gasteiger partial charge in [0.05, 0.1) is 6.54 Å². The lowest BCUT2D eigenvalue weighted by atomic mass is 10.1. The molecule has 1 aromatic heterocycles. The van der Waals surface area contributed by atoms with E-state index in [1.807, 2.05) is 0 Å². The van der Waals surface area contributed by atoms with Crippen molar-refractivity contribution in [2.45, 2.75) is 39.8 Å². The number of hydrogen-bond acceptors (Lipinski definition) is 3. The number of nitrogens with zero attached hydrogens (tertiary/aromatic N) is 2. The molecule has 1 heterocycles. The van der Waals surface area contributed by atoms with Gasteiger partial charge in [0, 0.05) is 27.4 Å². The first-order valence-electron chi connectivity index (χ1n) is 8.25. The average Bonchev–Trinajstić information content (AvgIpc) is 2.99. The number of imidazole rings is 1. The quantitative estimate of drug-likeness (QED) is 0.437. The summed E-state index contributed by atoms with van der Waals surface area (Å²) in [6, 6.07) is 5.25. The van der Waals surface area contributed by atoms with Gasteiger partial charge in [-0.2, -0.15) is 0 Å². The Morgan fingerprint density at radius 2 is 1.56 bits per heavy atom. The molecule has 0 bridgehead atoms. The fourth-order valence-electron chi connectivity index (χ4n) is 3.27. The fraction of sp³-hybridized carbons (Fsp3) is 0.500. The van der Waals surface area contributed by atoms with Crippen LogP contribution in [0.2, 0.25) is 6.04 Å². The molecule has 0 amide bonds. The summed E-state index contributed by atoms with van der Waals surface area (Å²) in [5, 5.41) is 0. The Hall–Kier alpha value is -0.993. The van der Waals surface area contributed by atoms with Crippen molar-refractivity contribution in [2.75, 3.05) is 21.3 Å². The van der Waals surface area contributed by atoms with Crippen LogP contribution < -0.4 is 21.5 Å². The molecule has 25 heavy (non-hydrogen) atoms. The standard InChI is InChI=1S/C18H29N2O3Si.BrH/c1-15-12-16(2)18(17(3)13-15)20-10-9-19(14-20)8-7-11-24(21-4,22-5)23-6;/h9-10,12-14H,7-8,11H2,1-6H3;1H/q+1;/p-1. The summed E-state index contributed by atoms with van der Waals surface area (Å²) >= 11 is 0. The largest absolute Gasteiger partial charge is 1.00 e. The molecule has 0 radical (unpaired) electrons. The molecule has 0 fully saturated rings. The van der Waals surface area contributed by atoms with E-state index in [1.54, 1.807) is 21.3 Å². The maximum Gasteiger partial charge on any atom is 0.500 e. The Bertz CT molecular complexity index is 655. The third kappa shape index (κ3) is 5.24. The van der Waals surface area contributed by atoms with Crippen LogP contribution in [0.5, 0.6) is 0 Å². The van der Waals surface area contributed by atoms with Crippen molar-refractivity contribution in [3.63, 3.8) is 0 Å². The van der Waals surface area contributed by atoms with Gasteiger partial charge in [-0.1, -0.05) is 17.7 Å². The van der Waals surface area contributed by atoms with Crippen LogP contribution in [0.15, 0.2) is 30.9 Å². The topological polar surface area (TPSA) is 36.5 Å². The number of rotatable bonds is 8. The highest BCUT2D eigenvalue weighted by molar-refractivity contribution is 6.60. The van der Waals surface area contributed by atoms with Crippen LogP contribution in [0.25, 0.3) is 5.69 Å². The minimum atomic E-state index is -2.47. The van der Waals surface area contributed by atoms with Crippen molar-refractivity contribution < 1.29 is 34.8 Å². The van der Waals surface area contributed by atoms with Gasteiger partial charge in [-0.3, -0.25) is 0 Å². The summed E-state index contributed by atoms with van der Waals surface area (Å²) in [6.45, 7) is 7.36. The van der Waals surface area contributed by atoms with Crippen molar-refractivity contribution in [1.82, 2.24) is 4.57 Å². The monoisotopic (exact) mass is 428 g/mol. The molecule has 1 aromatic carbocycles. The highest BCUT2D eigenvalue weighted by Gasteiger charge is 2.37. The van der Waals surface area contributed by atoms with E-state index in [-0.39, 0.29) is 17.0 Å². The number of benzene rings is 1. The van der Waals surface area contributed by atoms with Crippen LogP contribution in [-0.2, 0) is 19.8 Å². The molecule has 5 nitrogen and oxygen atoms in total. The Labute approximate surface area is 162 Å². The van der Waals surface area contributed by atoms with Crippen molar-refractivity contribution in [3.05, 3.63) is 47.5 Å². The van der Waals surface area contributed by atoms with Crippen molar-refractivity contribution >= 4 is 8.80 Å². The second-order valence-corrected chi connectivity index (χ2v) is 9.30. The second kappa shape index (κ2) is 9.63. The van der Waals surface area contributed by atoms with E-state index >= 15 is 0 Å². The van der Waals surface area contributed by atoms with E-state index in [1.165, 1.54) is 22.4 Å². The van der Waals surface area contributed by atoms with Gasteiger partial charge in [0.25, 0.3) is 0 Å². The molecule has 0 N–H and O–H groups in total. The molecule has 0 unspecified atom stereocenters. The number of aryl methyl sites for hydroxylation is 4. The Morgan fingerprint density at radius 1 is 1.00 bits per heavy atom. The van der Waals surface area contributed by atoms with Gasteiger partial charge in [0.1, 0.15) is 18.1 Å². The Balaban J connectivity index is 0.00000312. The van der Waals surface area contributed by atoms with Crippen LogP contribution in [0.1, 0.15) is 23.1 Å². The van der Waals surface area contributed by atoms with Crippen molar-refractivity contribution in [2.24, 2.45) is 0 Å². The Morgan fingerprint density at radius 3 is 2.08 bits per heavy atom. The minimum Gasteiger partial charge on any atom is -1.00 e. The summed E-state index contributed by atoms with van der Waals surface area (Å²) in [5.41, 5.74) is 5.14. The minimum absolute atomic E-state index is 0. The normalized spacial score (nSPS) is 11.4. The van der Waals surface area contributed by atoms with Gasteiger partial charge in [-0.05, 0) is 38.3 Å². The maximum atomic E-state index is 5.47. The van der Waals surface area contributed by atoms with Crippen molar-refractivity contribution in [3.8, 4) is 5.69 Å². The van der Waals surface area contributed by atoms with Gasteiger partial charge in [0.2, 0.25) is 6.33 Å². The van der Waals surface area contributed by atoms with E-state index in [4.69, 9.17) is 13.3 Å². The lowest BCUT2D eigenvalue weighted by Gasteiger charge is -2.23. The number of halogens is 1. The van der Waals surface area contributed by atoms with Crippen LogP contribution in [0.3, 0.4) is 0 Å².